The molecule has 0 spiro atoms. The zero-order valence-corrected chi connectivity index (χ0v) is 6.83. The van der Waals surface area contributed by atoms with Crippen LogP contribution in [0.3, 0.4) is 0 Å². The third kappa shape index (κ3) is 1.31. The standard InChI is InChI=1S/C5H4BrNOS/c6-4-2-9-1-3(4)5(7)8/h1-2H,(H2,7,8). The first-order chi connectivity index (χ1) is 4.22. The molecule has 9 heavy (non-hydrogen) atoms. The molecule has 0 aliphatic rings. The van der Waals surface area contributed by atoms with Crippen molar-refractivity contribution in [1.29, 1.82) is 0 Å². The summed E-state index contributed by atoms with van der Waals surface area (Å²) in [7, 11) is 0. The van der Waals surface area contributed by atoms with Gasteiger partial charge >= 0.3 is 0 Å². The van der Waals surface area contributed by atoms with Crippen LogP contribution in [0.15, 0.2) is 15.2 Å². The van der Waals surface area contributed by atoms with E-state index in [4.69, 9.17) is 5.73 Å². The maximum atomic E-state index is 10.5. The molecule has 0 unspecified atom stereocenters. The van der Waals surface area contributed by atoms with Gasteiger partial charge in [0.25, 0.3) is 5.91 Å². The van der Waals surface area contributed by atoms with Crippen molar-refractivity contribution in [2.75, 3.05) is 0 Å². The maximum Gasteiger partial charge on any atom is 0.250 e. The first kappa shape index (κ1) is 6.77. The molecule has 1 amide bonds. The number of nitrogens with two attached hydrogens (primary N) is 1. The van der Waals surface area contributed by atoms with Gasteiger partial charge in [-0.1, -0.05) is 0 Å². The first-order valence-corrected chi connectivity index (χ1v) is 3.97. The Balaban J connectivity index is 3.08. The summed E-state index contributed by atoms with van der Waals surface area (Å²) in [5.74, 6) is -0.386. The Morgan fingerprint density at radius 2 is 2.33 bits per heavy atom. The number of hydrogen-bond acceptors (Lipinski definition) is 2. The average Bonchev–Trinajstić information content (AvgIpc) is 2.13. The van der Waals surface area contributed by atoms with Crippen LogP contribution in [0, 0.1) is 0 Å². The molecule has 48 valence electrons. The normalized spacial score (nSPS) is 9.44. The number of carbonyl (C=O) groups excluding carboxylic acids is 1. The molecule has 2 N–H and O–H groups in total. The van der Waals surface area contributed by atoms with Crippen molar-refractivity contribution < 1.29 is 4.79 Å². The van der Waals surface area contributed by atoms with E-state index in [0.29, 0.717) is 5.56 Å². The molecule has 0 saturated carbocycles. The van der Waals surface area contributed by atoms with Gasteiger partial charge in [-0.2, -0.15) is 11.3 Å². The lowest BCUT2D eigenvalue weighted by molar-refractivity contribution is 0.1000. The van der Waals surface area contributed by atoms with Crippen molar-refractivity contribution in [1.82, 2.24) is 0 Å². The summed E-state index contributed by atoms with van der Waals surface area (Å²) in [4.78, 5) is 10.5. The highest BCUT2D eigenvalue weighted by atomic mass is 79.9. The van der Waals surface area contributed by atoms with Crippen molar-refractivity contribution in [3.8, 4) is 0 Å². The lowest BCUT2D eigenvalue weighted by atomic mass is 10.3. The molecule has 0 aliphatic carbocycles. The summed E-state index contributed by atoms with van der Waals surface area (Å²) in [6.45, 7) is 0. The number of carbonyl (C=O) groups is 1. The molecule has 0 atom stereocenters. The van der Waals surface area contributed by atoms with Crippen LogP contribution in [0.25, 0.3) is 0 Å². The van der Waals surface area contributed by atoms with Crippen molar-refractivity contribution in [2.45, 2.75) is 0 Å². The Labute approximate surface area is 64.8 Å². The van der Waals surface area contributed by atoms with Gasteiger partial charge in [0.15, 0.2) is 0 Å². The average molecular weight is 206 g/mol. The fourth-order valence-electron chi connectivity index (χ4n) is 0.457. The fraction of sp³-hybridized carbons (Fsp3) is 0. The van der Waals surface area contributed by atoms with Crippen LogP contribution in [0.5, 0.6) is 0 Å². The van der Waals surface area contributed by atoms with Crippen molar-refractivity contribution in [3.63, 3.8) is 0 Å². The van der Waals surface area contributed by atoms with E-state index in [1.807, 2.05) is 5.38 Å². The molecular formula is C5H4BrNOS. The number of halogens is 1. The molecule has 1 aromatic rings. The molecule has 1 rings (SSSR count). The minimum Gasteiger partial charge on any atom is -0.366 e. The summed E-state index contributed by atoms with van der Waals surface area (Å²) < 4.78 is 0.778. The molecule has 0 saturated heterocycles. The molecule has 2 nitrogen and oxygen atoms in total. The zero-order chi connectivity index (χ0) is 6.85. The molecule has 4 heteroatoms. The van der Waals surface area contributed by atoms with Crippen LogP contribution in [0.2, 0.25) is 0 Å². The van der Waals surface area contributed by atoms with Gasteiger partial charge in [0, 0.05) is 15.2 Å². The second-order valence-corrected chi connectivity index (χ2v) is 3.10. The van der Waals surface area contributed by atoms with Crippen LogP contribution < -0.4 is 5.73 Å². The van der Waals surface area contributed by atoms with Crippen molar-refractivity contribution >= 4 is 33.2 Å². The second-order valence-electron chi connectivity index (χ2n) is 1.50. The van der Waals surface area contributed by atoms with Gasteiger partial charge in [0.05, 0.1) is 5.56 Å². The van der Waals surface area contributed by atoms with Crippen LogP contribution >= 0.6 is 27.3 Å². The van der Waals surface area contributed by atoms with Gasteiger partial charge in [0.2, 0.25) is 0 Å². The van der Waals surface area contributed by atoms with E-state index in [0.717, 1.165) is 4.47 Å². The van der Waals surface area contributed by atoms with Crippen molar-refractivity contribution in [3.05, 3.63) is 20.8 Å². The van der Waals surface area contributed by atoms with E-state index in [-0.39, 0.29) is 5.91 Å². The lowest BCUT2D eigenvalue weighted by Crippen LogP contribution is -2.09. The molecule has 0 aliphatic heterocycles. The summed E-state index contributed by atoms with van der Waals surface area (Å²) in [5, 5.41) is 3.53. The van der Waals surface area contributed by atoms with Crippen molar-refractivity contribution in [2.24, 2.45) is 5.73 Å². The van der Waals surface area contributed by atoms with E-state index < -0.39 is 0 Å². The number of primary amides is 1. The smallest absolute Gasteiger partial charge is 0.250 e. The van der Waals surface area contributed by atoms with Gasteiger partial charge < -0.3 is 5.73 Å². The summed E-state index contributed by atoms with van der Waals surface area (Å²) >= 11 is 4.62. The highest BCUT2D eigenvalue weighted by Crippen LogP contribution is 2.19. The highest BCUT2D eigenvalue weighted by molar-refractivity contribution is 9.10. The zero-order valence-electron chi connectivity index (χ0n) is 4.43. The summed E-state index contributed by atoms with van der Waals surface area (Å²) in [6.07, 6.45) is 0. The topological polar surface area (TPSA) is 43.1 Å². The van der Waals surface area contributed by atoms with Crippen LogP contribution in [0.4, 0.5) is 0 Å². The fourth-order valence-corrected chi connectivity index (χ4v) is 1.94. The molecule has 0 bridgehead atoms. The largest absolute Gasteiger partial charge is 0.366 e. The van der Waals surface area contributed by atoms with E-state index in [9.17, 15) is 4.79 Å². The number of thiophene rings is 1. The summed E-state index contributed by atoms with van der Waals surface area (Å²) in [5.41, 5.74) is 5.55. The molecule has 0 aromatic carbocycles. The Hall–Kier alpha value is -0.350. The molecular weight excluding hydrogens is 202 g/mol. The monoisotopic (exact) mass is 205 g/mol. The van der Waals surface area contributed by atoms with E-state index in [1.165, 1.54) is 11.3 Å². The first-order valence-electron chi connectivity index (χ1n) is 2.23. The SMILES string of the molecule is NC(=O)c1cscc1Br. The van der Waals surface area contributed by atoms with E-state index in [1.54, 1.807) is 5.38 Å². The third-order valence-electron chi connectivity index (χ3n) is 0.880. The maximum absolute atomic E-state index is 10.5. The van der Waals surface area contributed by atoms with Gasteiger partial charge in [-0.3, -0.25) is 4.79 Å². The minimum absolute atomic E-state index is 0.386. The number of amides is 1. The molecule has 1 aromatic heterocycles. The third-order valence-corrected chi connectivity index (χ3v) is 2.58. The Bertz CT molecular complexity index is 233. The Kier molecular flexibility index (Phi) is 1.87. The Morgan fingerprint density at radius 3 is 2.56 bits per heavy atom. The highest BCUT2D eigenvalue weighted by Gasteiger charge is 2.04. The molecule has 0 fully saturated rings. The van der Waals surface area contributed by atoms with Gasteiger partial charge in [0.1, 0.15) is 0 Å². The number of rotatable bonds is 1. The van der Waals surface area contributed by atoms with Gasteiger partial charge in [-0.15, -0.1) is 0 Å². The minimum atomic E-state index is -0.386. The molecule has 0 radical (unpaired) electrons. The van der Waals surface area contributed by atoms with Crippen LogP contribution in [-0.4, -0.2) is 5.91 Å². The van der Waals surface area contributed by atoms with Crippen LogP contribution in [0.1, 0.15) is 10.4 Å². The van der Waals surface area contributed by atoms with E-state index in [2.05, 4.69) is 15.9 Å². The van der Waals surface area contributed by atoms with E-state index >= 15 is 0 Å². The lowest BCUT2D eigenvalue weighted by Gasteiger charge is -1.86. The predicted octanol–water partition coefficient (Wildman–Crippen LogP) is 1.61. The molecule has 1 heterocycles. The van der Waals surface area contributed by atoms with Gasteiger partial charge in [-0.05, 0) is 15.9 Å². The predicted molar refractivity (Wildman–Crippen MR) is 40.5 cm³/mol. The quantitative estimate of drug-likeness (QED) is 0.745. The Morgan fingerprint density at radius 1 is 1.67 bits per heavy atom. The summed E-state index contributed by atoms with van der Waals surface area (Å²) in [6, 6.07) is 0. The number of hydrogen-bond donors (Lipinski definition) is 1. The van der Waals surface area contributed by atoms with Gasteiger partial charge in [-0.25, -0.2) is 0 Å². The van der Waals surface area contributed by atoms with Crippen LogP contribution in [-0.2, 0) is 0 Å². The second kappa shape index (κ2) is 2.49.